The number of nitrogens with two attached hydrogens (primary N) is 1. The van der Waals surface area contributed by atoms with Crippen molar-refractivity contribution in [2.75, 3.05) is 26.2 Å². The fourth-order valence-corrected chi connectivity index (χ4v) is 3.52. The van der Waals surface area contributed by atoms with Crippen LogP contribution in [0.25, 0.3) is 0 Å². The molecule has 7 heteroatoms. The number of amides is 1. The summed E-state index contributed by atoms with van der Waals surface area (Å²) >= 11 is 0. The van der Waals surface area contributed by atoms with Crippen LogP contribution in [0.15, 0.2) is 18.2 Å². The third kappa shape index (κ3) is 2.95. The average molecular weight is 304 g/mol. The number of nitro benzene ring substituents is 1. The van der Waals surface area contributed by atoms with Crippen LogP contribution in [0.2, 0.25) is 0 Å². The van der Waals surface area contributed by atoms with Crippen LogP contribution >= 0.6 is 0 Å². The van der Waals surface area contributed by atoms with Gasteiger partial charge in [-0.05, 0) is 44.0 Å². The van der Waals surface area contributed by atoms with E-state index in [4.69, 9.17) is 5.73 Å². The minimum absolute atomic E-state index is 0.0250. The molecule has 0 bridgehead atoms. The van der Waals surface area contributed by atoms with E-state index < -0.39 is 10.8 Å². The lowest BCUT2D eigenvalue weighted by Crippen LogP contribution is -2.39. The van der Waals surface area contributed by atoms with E-state index >= 15 is 0 Å². The number of benzene rings is 1. The zero-order chi connectivity index (χ0) is 15.7. The highest BCUT2D eigenvalue weighted by molar-refractivity contribution is 5.93. The molecule has 7 nitrogen and oxygen atoms in total. The van der Waals surface area contributed by atoms with Gasteiger partial charge in [-0.15, -0.1) is 0 Å². The third-order valence-electron chi connectivity index (χ3n) is 4.75. The number of carbonyl (C=O) groups excluding carboxylic acids is 1. The molecule has 1 aromatic carbocycles. The quantitative estimate of drug-likeness (QED) is 0.631. The molecule has 2 unspecified atom stereocenters. The number of nitrogens with one attached hydrogen (secondary N) is 1. The molecule has 118 valence electrons. The summed E-state index contributed by atoms with van der Waals surface area (Å²) in [5, 5.41) is 14.7. The van der Waals surface area contributed by atoms with E-state index in [2.05, 4.69) is 10.2 Å². The summed E-state index contributed by atoms with van der Waals surface area (Å²) in [6.45, 7) is 4.58. The lowest BCUT2D eigenvalue weighted by Gasteiger charge is -2.34. The molecule has 0 saturated carbocycles. The van der Waals surface area contributed by atoms with Crippen molar-refractivity contribution >= 4 is 11.6 Å². The fourth-order valence-electron chi connectivity index (χ4n) is 3.52. The van der Waals surface area contributed by atoms with Crippen LogP contribution in [-0.4, -0.2) is 41.9 Å². The molecule has 2 saturated heterocycles. The van der Waals surface area contributed by atoms with E-state index in [9.17, 15) is 14.9 Å². The van der Waals surface area contributed by atoms with E-state index in [1.54, 1.807) is 12.1 Å². The van der Waals surface area contributed by atoms with Gasteiger partial charge in [0.1, 0.15) is 0 Å². The Morgan fingerprint density at radius 2 is 2.18 bits per heavy atom. The van der Waals surface area contributed by atoms with Gasteiger partial charge >= 0.3 is 0 Å². The molecular formula is C15H20N4O3. The third-order valence-corrected chi connectivity index (χ3v) is 4.75. The summed E-state index contributed by atoms with van der Waals surface area (Å²) in [4.78, 5) is 24.3. The molecule has 2 heterocycles. The van der Waals surface area contributed by atoms with Gasteiger partial charge in [-0.1, -0.05) is 6.07 Å². The summed E-state index contributed by atoms with van der Waals surface area (Å²) < 4.78 is 0. The largest absolute Gasteiger partial charge is 0.366 e. The van der Waals surface area contributed by atoms with Crippen molar-refractivity contribution in [3.63, 3.8) is 0 Å². The lowest BCUT2D eigenvalue weighted by molar-refractivity contribution is -0.385. The maximum Gasteiger partial charge on any atom is 0.274 e. The van der Waals surface area contributed by atoms with Crippen molar-refractivity contribution in [1.29, 1.82) is 0 Å². The number of nitro groups is 1. The summed E-state index contributed by atoms with van der Waals surface area (Å²) in [5.74, 6) is 0.730. The van der Waals surface area contributed by atoms with Crippen LogP contribution in [0.1, 0.15) is 22.3 Å². The fraction of sp³-hybridized carbons (Fsp3) is 0.533. The monoisotopic (exact) mass is 304 g/mol. The van der Waals surface area contributed by atoms with Crippen molar-refractivity contribution in [2.45, 2.75) is 13.0 Å². The molecule has 2 atom stereocenters. The molecule has 0 aliphatic carbocycles. The minimum Gasteiger partial charge on any atom is -0.366 e. The Kier molecular flexibility index (Phi) is 4.08. The standard InChI is InChI=1S/C15H20N4O3/c16-15(20)10-1-2-12(14(5-10)19(21)22)8-18-4-3-11-6-17-7-13(11)9-18/h1-2,5,11,13,17H,3-4,6-9H2,(H2,16,20). The van der Waals surface area contributed by atoms with Gasteiger partial charge in [0.25, 0.3) is 5.69 Å². The number of piperidine rings is 1. The Bertz CT molecular complexity index is 604. The molecule has 2 aliphatic rings. The molecule has 2 aliphatic heterocycles. The Hall–Kier alpha value is -1.99. The molecule has 22 heavy (non-hydrogen) atoms. The van der Waals surface area contributed by atoms with E-state index in [0.29, 0.717) is 18.0 Å². The number of nitrogens with zero attached hydrogens (tertiary/aromatic N) is 2. The summed E-state index contributed by atoms with van der Waals surface area (Å²) in [7, 11) is 0. The van der Waals surface area contributed by atoms with E-state index in [1.807, 2.05) is 0 Å². The van der Waals surface area contributed by atoms with Crippen LogP contribution in [-0.2, 0) is 6.54 Å². The van der Waals surface area contributed by atoms with Crippen molar-refractivity contribution < 1.29 is 9.72 Å². The normalized spacial score (nSPS) is 24.9. The van der Waals surface area contributed by atoms with Crippen LogP contribution in [0, 0.1) is 22.0 Å². The van der Waals surface area contributed by atoms with E-state index in [-0.39, 0.29) is 11.3 Å². The lowest BCUT2D eigenvalue weighted by atomic mass is 9.88. The van der Waals surface area contributed by atoms with Crippen LogP contribution < -0.4 is 11.1 Å². The topological polar surface area (TPSA) is 102 Å². The molecule has 0 aromatic heterocycles. The number of carbonyl (C=O) groups is 1. The van der Waals surface area contributed by atoms with Crippen molar-refractivity contribution in [3.8, 4) is 0 Å². The maximum atomic E-state index is 11.2. The molecule has 1 amide bonds. The second kappa shape index (κ2) is 6.02. The molecular weight excluding hydrogens is 284 g/mol. The first-order chi connectivity index (χ1) is 10.5. The molecule has 0 radical (unpaired) electrons. The Balaban J connectivity index is 1.76. The summed E-state index contributed by atoms with van der Waals surface area (Å²) in [5.41, 5.74) is 5.99. The molecule has 2 fully saturated rings. The second-order valence-corrected chi connectivity index (χ2v) is 6.17. The zero-order valence-corrected chi connectivity index (χ0v) is 12.3. The summed E-state index contributed by atoms with van der Waals surface area (Å²) in [6, 6.07) is 4.49. The summed E-state index contributed by atoms with van der Waals surface area (Å²) in [6.07, 6.45) is 1.13. The van der Waals surface area contributed by atoms with Gasteiger partial charge < -0.3 is 11.1 Å². The molecule has 3 rings (SSSR count). The molecule has 3 N–H and O–H groups in total. The highest BCUT2D eigenvalue weighted by Gasteiger charge is 2.33. The van der Waals surface area contributed by atoms with Gasteiger partial charge in [0, 0.05) is 30.3 Å². The van der Waals surface area contributed by atoms with Crippen LogP contribution in [0.4, 0.5) is 5.69 Å². The van der Waals surface area contributed by atoms with Crippen LogP contribution in [0.3, 0.4) is 0 Å². The van der Waals surface area contributed by atoms with Gasteiger partial charge in [0.05, 0.1) is 4.92 Å². The number of hydrogen-bond acceptors (Lipinski definition) is 5. The predicted octanol–water partition coefficient (Wildman–Crippen LogP) is 0.735. The second-order valence-electron chi connectivity index (χ2n) is 6.17. The van der Waals surface area contributed by atoms with Crippen LogP contribution in [0.5, 0.6) is 0 Å². The number of primary amides is 1. The highest BCUT2D eigenvalue weighted by Crippen LogP contribution is 2.29. The van der Waals surface area contributed by atoms with Gasteiger partial charge in [0.2, 0.25) is 5.91 Å². The maximum absolute atomic E-state index is 11.2. The van der Waals surface area contributed by atoms with Crippen molar-refractivity contribution in [3.05, 3.63) is 39.4 Å². The number of likely N-dealkylation sites (tertiary alicyclic amines) is 1. The van der Waals surface area contributed by atoms with Gasteiger partial charge in [0.15, 0.2) is 0 Å². The first kappa shape index (κ1) is 14.9. The highest BCUT2D eigenvalue weighted by atomic mass is 16.6. The van der Waals surface area contributed by atoms with E-state index in [0.717, 1.165) is 38.5 Å². The smallest absolute Gasteiger partial charge is 0.274 e. The Labute approximate surface area is 128 Å². The number of rotatable bonds is 4. The van der Waals surface area contributed by atoms with E-state index in [1.165, 1.54) is 6.07 Å². The SMILES string of the molecule is NC(=O)c1ccc(CN2CCC3CNCC3C2)c([N+](=O)[O-])c1. The first-order valence-electron chi connectivity index (χ1n) is 7.55. The number of hydrogen-bond donors (Lipinski definition) is 2. The zero-order valence-electron chi connectivity index (χ0n) is 12.3. The first-order valence-corrected chi connectivity index (χ1v) is 7.55. The van der Waals surface area contributed by atoms with Crippen molar-refractivity contribution in [1.82, 2.24) is 10.2 Å². The number of fused-ring (bicyclic) bond motifs is 1. The molecule has 1 aromatic rings. The van der Waals surface area contributed by atoms with Crippen molar-refractivity contribution in [2.24, 2.45) is 17.6 Å². The van der Waals surface area contributed by atoms with Gasteiger partial charge in [-0.3, -0.25) is 19.8 Å². The minimum atomic E-state index is -0.646. The Morgan fingerprint density at radius 3 is 2.91 bits per heavy atom. The van der Waals surface area contributed by atoms with Gasteiger partial charge in [-0.25, -0.2) is 0 Å². The van der Waals surface area contributed by atoms with Gasteiger partial charge in [-0.2, -0.15) is 0 Å². The molecule has 0 spiro atoms. The predicted molar refractivity (Wildman–Crippen MR) is 81.4 cm³/mol. The average Bonchev–Trinajstić information content (AvgIpc) is 2.94. The Morgan fingerprint density at radius 1 is 1.41 bits per heavy atom.